The third-order valence-electron chi connectivity index (χ3n) is 2.77. The molecule has 2 aromatic heterocycles. The second kappa shape index (κ2) is 5.11. The number of halogens is 1. The van der Waals surface area contributed by atoms with Gasteiger partial charge in [0.2, 0.25) is 0 Å². The number of aromatic carboxylic acids is 1. The molecule has 0 unspecified atom stereocenters. The molecule has 4 nitrogen and oxygen atoms in total. The van der Waals surface area contributed by atoms with Gasteiger partial charge in [-0.3, -0.25) is 0 Å². The van der Waals surface area contributed by atoms with E-state index in [9.17, 15) is 4.79 Å². The summed E-state index contributed by atoms with van der Waals surface area (Å²) in [7, 11) is 0. The predicted molar refractivity (Wildman–Crippen MR) is 81.3 cm³/mol. The van der Waals surface area contributed by atoms with Crippen molar-refractivity contribution in [3.05, 3.63) is 52.5 Å². The molecule has 0 saturated heterocycles. The summed E-state index contributed by atoms with van der Waals surface area (Å²) in [5, 5.41) is 15.4. The number of hydrogen-bond donors (Lipinski definition) is 2. The molecule has 2 heterocycles. The summed E-state index contributed by atoms with van der Waals surface area (Å²) in [4.78, 5) is 15.0. The van der Waals surface area contributed by atoms with Crippen LogP contribution in [-0.2, 0) is 0 Å². The van der Waals surface area contributed by atoms with Crippen molar-refractivity contribution in [1.29, 1.82) is 0 Å². The molecule has 0 amide bonds. The van der Waals surface area contributed by atoms with E-state index in [4.69, 9.17) is 16.7 Å². The Morgan fingerprint density at radius 1 is 1.25 bits per heavy atom. The van der Waals surface area contributed by atoms with Gasteiger partial charge in [-0.15, -0.1) is 11.3 Å². The van der Waals surface area contributed by atoms with Crippen molar-refractivity contribution in [2.24, 2.45) is 0 Å². The van der Waals surface area contributed by atoms with Crippen LogP contribution in [0.4, 0.5) is 11.5 Å². The van der Waals surface area contributed by atoms with Gasteiger partial charge in [-0.1, -0.05) is 11.6 Å². The Hall–Kier alpha value is -2.11. The quantitative estimate of drug-likeness (QED) is 0.753. The number of rotatable bonds is 3. The molecule has 0 saturated carbocycles. The molecule has 0 fully saturated rings. The molecular formula is C14H9ClN2O2S. The van der Waals surface area contributed by atoms with Crippen LogP contribution in [0.5, 0.6) is 0 Å². The molecule has 3 aromatic rings. The van der Waals surface area contributed by atoms with Gasteiger partial charge in [-0.2, -0.15) is 0 Å². The van der Waals surface area contributed by atoms with E-state index in [0.29, 0.717) is 5.82 Å². The number of pyridine rings is 1. The average Bonchev–Trinajstić information content (AvgIpc) is 2.88. The topological polar surface area (TPSA) is 62.2 Å². The number of nitrogens with zero attached hydrogens (tertiary/aromatic N) is 1. The standard InChI is InChI=1S/C14H9ClN2O2S/c15-10-2-4-12(17-13(10)14(18)19)16-9-1-3-11-8(7-9)5-6-20-11/h1-7H,(H,16,17)(H,18,19). The van der Waals surface area contributed by atoms with Crippen molar-refractivity contribution < 1.29 is 9.90 Å². The number of nitrogens with one attached hydrogen (secondary N) is 1. The summed E-state index contributed by atoms with van der Waals surface area (Å²) in [5.41, 5.74) is 0.690. The monoisotopic (exact) mass is 304 g/mol. The third kappa shape index (κ3) is 2.45. The zero-order chi connectivity index (χ0) is 14.1. The molecule has 0 aliphatic rings. The minimum atomic E-state index is -1.15. The molecule has 0 atom stereocenters. The van der Waals surface area contributed by atoms with Crippen molar-refractivity contribution >= 4 is 50.5 Å². The molecule has 0 aliphatic carbocycles. The van der Waals surface area contributed by atoms with Crippen LogP contribution in [-0.4, -0.2) is 16.1 Å². The summed E-state index contributed by atoms with van der Waals surface area (Å²) >= 11 is 7.46. The van der Waals surface area contributed by atoms with Crippen LogP contribution >= 0.6 is 22.9 Å². The van der Waals surface area contributed by atoms with Gasteiger partial charge in [-0.25, -0.2) is 9.78 Å². The Labute approximate surface area is 123 Å². The lowest BCUT2D eigenvalue weighted by Gasteiger charge is -2.07. The summed E-state index contributed by atoms with van der Waals surface area (Å²) in [6.07, 6.45) is 0. The van der Waals surface area contributed by atoms with Gasteiger partial charge >= 0.3 is 5.97 Å². The number of benzene rings is 1. The number of anilines is 2. The van der Waals surface area contributed by atoms with E-state index < -0.39 is 5.97 Å². The highest BCUT2D eigenvalue weighted by molar-refractivity contribution is 7.17. The van der Waals surface area contributed by atoms with E-state index >= 15 is 0 Å². The van der Waals surface area contributed by atoms with Gasteiger partial charge in [-0.05, 0) is 47.2 Å². The van der Waals surface area contributed by atoms with Crippen LogP contribution in [0.2, 0.25) is 5.02 Å². The second-order valence-electron chi connectivity index (χ2n) is 4.13. The van der Waals surface area contributed by atoms with E-state index in [1.54, 1.807) is 17.4 Å². The number of thiophene rings is 1. The fourth-order valence-corrected chi connectivity index (χ4v) is 2.81. The lowest BCUT2D eigenvalue weighted by molar-refractivity contribution is 0.0691. The minimum Gasteiger partial charge on any atom is -0.476 e. The molecular weight excluding hydrogens is 296 g/mol. The van der Waals surface area contributed by atoms with Gasteiger partial charge in [0.05, 0.1) is 5.02 Å². The first-order chi connectivity index (χ1) is 9.63. The summed E-state index contributed by atoms with van der Waals surface area (Å²) in [5.74, 6) is -0.701. The summed E-state index contributed by atoms with van der Waals surface area (Å²) in [6, 6.07) is 11.1. The lowest BCUT2D eigenvalue weighted by atomic mass is 10.2. The SMILES string of the molecule is O=C(O)c1nc(Nc2ccc3sccc3c2)ccc1Cl. The Morgan fingerprint density at radius 2 is 2.10 bits per heavy atom. The van der Waals surface area contributed by atoms with E-state index in [0.717, 1.165) is 11.1 Å². The van der Waals surface area contributed by atoms with E-state index in [1.165, 1.54) is 10.8 Å². The maximum Gasteiger partial charge on any atom is 0.356 e. The number of hydrogen-bond acceptors (Lipinski definition) is 4. The fraction of sp³-hybridized carbons (Fsp3) is 0. The Kier molecular flexibility index (Phi) is 3.30. The minimum absolute atomic E-state index is 0.122. The highest BCUT2D eigenvalue weighted by Gasteiger charge is 2.11. The van der Waals surface area contributed by atoms with Crippen molar-refractivity contribution in [1.82, 2.24) is 4.98 Å². The molecule has 0 bridgehead atoms. The molecule has 20 heavy (non-hydrogen) atoms. The van der Waals surface area contributed by atoms with E-state index in [1.807, 2.05) is 29.6 Å². The highest BCUT2D eigenvalue weighted by Crippen LogP contribution is 2.26. The first kappa shape index (κ1) is 12.9. The van der Waals surface area contributed by atoms with Gasteiger partial charge in [0.1, 0.15) is 5.82 Å². The van der Waals surface area contributed by atoms with Crippen LogP contribution in [0.15, 0.2) is 41.8 Å². The molecule has 0 spiro atoms. The molecule has 0 radical (unpaired) electrons. The van der Waals surface area contributed by atoms with Crippen molar-refractivity contribution in [3.8, 4) is 0 Å². The molecule has 6 heteroatoms. The predicted octanol–water partition coefficient (Wildman–Crippen LogP) is 4.39. The smallest absolute Gasteiger partial charge is 0.356 e. The number of carboxylic acid groups (broad SMARTS) is 1. The molecule has 2 N–H and O–H groups in total. The fourth-order valence-electron chi connectivity index (χ4n) is 1.85. The first-order valence-electron chi connectivity index (χ1n) is 5.77. The summed E-state index contributed by atoms with van der Waals surface area (Å²) < 4.78 is 1.20. The van der Waals surface area contributed by atoms with Crippen molar-refractivity contribution in [2.75, 3.05) is 5.32 Å². The largest absolute Gasteiger partial charge is 0.476 e. The van der Waals surface area contributed by atoms with Gasteiger partial charge in [0.25, 0.3) is 0 Å². The summed E-state index contributed by atoms with van der Waals surface area (Å²) in [6.45, 7) is 0. The second-order valence-corrected chi connectivity index (χ2v) is 5.49. The van der Waals surface area contributed by atoms with Gasteiger partial charge in [0.15, 0.2) is 5.69 Å². The van der Waals surface area contributed by atoms with Crippen molar-refractivity contribution in [3.63, 3.8) is 0 Å². The highest BCUT2D eigenvalue weighted by atomic mass is 35.5. The molecule has 3 rings (SSSR count). The first-order valence-corrected chi connectivity index (χ1v) is 7.03. The number of carbonyl (C=O) groups is 1. The van der Waals surface area contributed by atoms with E-state index in [-0.39, 0.29) is 10.7 Å². The van der Waals surface area contributed by atoms with Crippen molar-refractivity contribution in [2.45, 2.75) is 0 Å². The maximum absolute atomic E-state index is 11.0. The van der Waals surface area contributed by atoms with Crippen LogP contribution in [0, 0.1) is 0 Å². The van der Waals surface area contributed by atoms with Crippen LogP contribution < -0.4 is 5.32 Å². The average molecular weight is 305 g/mol. The Balaban J connectivity index is 1.94. The number of carboxylic acids is 1. The van der Waals surface area contributed by atoms with Gasteiger partial charge in [0, 0.05) is 10.4 Å². The van der Waals surface area contributed by atoms with Crippen LogP contribution in [0.3, 0.4) is 0 Å². The molecule has 100 valence electrons. The Bertz CT molecular complexity index is 801. The normalized spacial score (nSPS) is 10.7. The third-order valence-corrected chi connectivity index (χ3v) is 3.98. The maximum atomic E-state index is 11.0. The van der Waals surface area contributed by atoms with Gasteiger partial charge < -0.3 is 10.4 Å². The van der Waals surface area contributed by atoms with Crippen LogP contribution in [0.1, 0.15) is 10.5 Å². The van der Waals surface area contributed by atoms with Crippen LogP contribution in [0.25, 0.3) is 10.1 Å². The Morgan fingerprint density at radius 3 is 2.90 bits per heavy atom. The number of aromatic nitrogens is 1. The zero-order valence-electron chi connectivity index (χ0n) is 10.1. The lowest BCUT2D eigenvalue weighted by Crippen LogP contribution is -2.04. The molecule has 1 aromatic carbocycles. The van der Waals surface area contributed by atoms with E-state index in [2.05, 4.69) is 10.3 Å². The number of fused-ring (bicyclic) bond motifs is 1. The zero-order valence-corrected chi connectivity index (χ0v) is 11.7. The molecule has 0 aliphatic heterocycles.